The van der Waals surface area contributed by atoms with Crippen molar-refractivity contribution >= 4 is 40.6 Å². The Bertz CT molecular complexity index is 1250. The molecule has 0 bridgehead atoms. The molecule has 0 aliphatic carbocycles. The van der Waals surface area contributed by atoms with Gasteiger partial charge in [-0.3, -0.25) is 9.59 Å². The summed E-state index contributed by atoms with van der Waals surface area (Å²) in [5.41, 5.74) is 4.26. The number of benzene rings is 3. The van der Waals surface area contributed by atoms with E-state index in [4.69, 9.17) is 11.6 Å². The van der Waals surface area contributed by atoms with Crippen molar-refractivity contribution in [2.45, 2.75) is 58.5 Å². The molecule has 0 radical (unpaired) electrons. The number of Topliss-reactive ketones (excluding diaryl/α,β-unsaturated/α-hetero) is 1. The maximum Gasteiger partial charge on any atom is 0.258 e. The summed E-state index contributed by atoms with van der Waals surface area (Å²) in [5, 5.41) is 0.612. The van der Waals surface area contributed by atoms with E-state index in [-0.39, 0.29) is 29.7 Å². The van der Waals surface area contributed by atoms with Crippen LogP contribution in [0.2, 0.25) is 5.02 Å². The third-order valence-corrected chi connectivity index (χ3v) is 6.98. The van der Waals surface area contributed by atoms with Crippen LogP contribution in [0.15, 0.2) is 72.8 Å². The van der Waals surface area contributed by atoms with Crippen LogP contribution >= 0.6 is 11.6 Å². The summed E-state index contributed by atoms with van der Waals surface area (Å²) >= 11 is 6.08. The summed E-state index contributed by atoms with van der Waals surface area (Å²) in [6.45, 7) is 5.20. The second-order valence-electron chi connectivity index (χ2n) is 9.45. The second kappa shape index (κ2) is 11.1. The van der Waals surface area contributed by atoms with E-state index < -0.39 is 0 Å². The quantitative estimate of drug-likeness (QED) is 0.357. The van der Waals surface area contributed by atoms with Crippen molar-refractivity contribution < 1.29 is 14.4 Å². The predicted octanol–water partition coefficient (Wildman–Crippen LogP) is 6.78. The molecule has 1 aliphatic heterocycles. The lowest BCUT2D eigenvalue weighted by Gasteiger charge is -2.43. The number of hydrogen-bond donors (Lipinski definition) is 0. The van der Waals surface area contributed by atoms with Crippen LogP contribution in [0.3, 0.4) is 0 Å². The Morgan fingerprint density at radius 3 is 2.25 bits per heavy atom. The fourth-order valence-electron chi connectivity index (χ4n) is 5.01. The van der Waals surface area contributed by atoms with Crippen LogP contribution in [0, 0.1) is 0 Å². The molecule has 0 saturated heterocycles. The van der Waals surface area contributed by atoms with Gasteiger partial charge in [0.1, 0.15) is 5.78 Å². The zero-order valence-corrected chi connectivity index (χ0v) is 21.7. The summed E-state index contributed by atoms with van der Waals surface area (Å²) in [6, 6.07) is 22.4. The Labute approximate surface area is 217 Å². The molecule has 2 amide bonds. The smallest absolute Gasteiger partial charge is 0.258 e. The molecule has 186 valence electrons. The number of fused-ring (bicyclic) bond motifs is 1. The minimum atomic E-state index is -0.206. The molecular formula is C30H31ClN2O3. The number of carbonyl (C=O) groups is 3. The first-order chi connectivity index (χ1) is 17.3. The standard InChI is InChI=1S/C30H31ClN2O3/c1-20-19-29(33(22(3)35)26-17-15-25(31)16-18-26)27-9-4-5-10-28(27)32(20)30(36)24-13-11-23(12-14-24)8-6-7-21(2)34/h4-5,9-18,20,29H,6-8,19H2,1-3H3/t20-,29+/m0/s1. The number of ketones is 1. The number of anilines is 2. The van der Waals surface area contributed by atoms with Gasteiger partial charge in [-0.05, 0) is 86.7 Å². The normalized spacial score (nSPS) is 16.8. The van der Waals surface area contributed by atoms with E-state index in [2.05, 4.69) is 0 Å². The molecule has 4 rings (SSSR count). The molecule has 2 atom stereocenters. The van der Waals surface area contributed by atoms with Crippen LogP contribution in [0.5, 0.6) is 0 Å². The SMILES string of the molecule is CC(=O)CCCc1ccc(C(=O)N2c3ccccc3[C@H](N(C(C)=O)c3ccc(Cl)cc3)C[C@@H]2C)cc1. The summed E-state index contributed by atoms with van der Waals surface area (Å²) in [6.07, 6.45) is 2.79. The van der Waals surface area contributed by atoms with Crippen LogP contribution in [-0.2, 0) is 16.0 Å². The van der Waals surface area contributed by atoms with E-state index in [1.165, 1.54) is 0 Å². The van der Waals surface area contributed by atoms with E-state index in [9.17, 15) is 14.4 Å². The zero-order chi connectivity index (χ0) is 25.8. The number of nitrogens with zero attached hydrogens (tertiary/aromatic N) is 2. The van der Waals surface area contributed by atoms with Gasteiger partial charge in [0.15, 0.2) is 0 Å². The molecule has 1 aliphatic rings. The van der Waals surface area contributed by atoms with Crippen molar-refractivity contribution in [3.05, 3.63) is 94.5 Å². The monoisotopic (exact) mass is 502 g/mol. The number of hydrogen-bond acceptors (Lipinski definition) is 3. The Kier molecular flexibility index (Phi) is 7.90. The molecule has 6 heteroatoms. The number of aryl methyl sites for hydroxylation is 1. The maximum absolute atomic E-state index is 13.7. The molecule has 0 fully saturated rings. The topological polar surface area (TPSA) is 57.7 Å². The first kappa shape index (κ1) is 25.6. The molecule has 36 heavy (non-hydrogen) atoms. The van der Waals surface area contributed by atoms with Crippen molar-refractivity contribution in [2.24, 2.45) is 0 Å². The van der Waals surface area contributed by atoms with Crippen molar-refractivity contribution in [3.8, 4) is 0 Å². The van der Waals surface area contributed by atoms with Crippen LogP contribution in [0.25, 0.3) is 0 Å². The van der Waals surface area contributed by atoms with Gasteiger partial charge in [-0.15, -0.1) is 0 Å². The van der Waals surface area contributed by atoms with Gasteiger partial charge in [-0.2, -0.15) is 0 Å². The fourth-order valence-corrected chi connectivity index (χ4v) is 5.14. The lowest BCUT2D eigenvalue weighted by molar-refractivity contribution is -0.118. The highest BCUT2D eigenvalue weighted by atomic mass is 35.5. The van der Waals surface area contributed by atoms with Gasteiger partial charge >= 0.3 is 0 Å². The number of amides is 2. The van der Waals surface area contributed by atoms with E-state index in [0.717, 1.165) is 35.3 Å². The molecule has 0 aromatic heterocycles. The molecule has 0 N–H and O–H groups in total. The first-order valence-electron chi connectivity index (χ1n) is 12.3. The molecule has 0 saturated carbocycles. The minimum Gasteiger partial charge on any atom is -0.305 e. The third-order valence-electron chi connectivity index (χ3n) is 6.73. The largest absolute Gasteiger partial charge is 0.305 e. The molecule has 0 unspecified atom stereocenters. The second-order valence-corrected chi connectivity index (χ2v) is 9.89. The van der Waals surface area contributed by atoms with Gasteiger partial charge in [0.05, 0.1) is 6.04 Å². The minimum absolute atomic E-state index is 0.0652. The fraction of sp³-hybridized carbons (Fsp3) is 0.300. The lowest BCUT2D eigenvalue weighted by atomic mass is 9.89. The zero-order valence-electron chi connectivity index (χ0n) is 20.9. The molecular weight excluding hydrogens is 472 g/mol. The van der Waals surface area contributed by atoms with E-state index >= 15 is 0 Å². The lowest BCUT2D eigenvalue weighted by Crippen LogP contribution is -2.47. The van der Waals surface area contributed by atoms with Gasteiger partial charge in [-0.1, -0.05) is 41.9 Å². The number of carbonyl (C=O) groups excluding carboxylic acids is 3. The summed E-state index contributed by atoms with van der Waals surface area (Å²) in [7, 11) is 0. The van der Waals surface area contributed by atoms with Crippen LogP contribution < -0.4 is 9.80 Å². The number of rotatable bonds is 7. The van der Waals surface area contributed by atoms with E-state index in [0.29, 0.717) is 23.4 Å². The van der Waals surface area contributed by atoms with Gasteiger partial charge in [0, 0.05) is 41.3 Å². The highest BCUT2D eigenvalue weighted by Gasteiger charge is 2.38. The van der Waals surface area contributed by atoms with E-state index in [1.54, 1.807) is 30.9 Å². The Hall–Kier alpha value is -3.44. The van der Waals surface area contributed by atoms with Crippen molar-refractivity contribution in [1.29, 1.82) is 0 Å². The van der Waals surface area contributed by atoms with Crippen molar-refractivity contribution in [3.63, 3.8) is 0 Å². The number of halogens is 1. The highest BCUT2D eigenvalue weighted by molar-refractivity contribution is 6.30. The molecule has 1 heterocycles. The van der Waals surface area contributed by atoms with Gasteiger partial charge in [0.2, 0.25) is 5.91 Å². The van der Waals surface area contributed by atoms with Crippen LogP contribution in [-0.4, -0.2) is 23.6 Å². The molecule has 3 aromatic rings. The Balaban J connectivity index is 1.63. The number of para-hydroxylation sites is 1. The van der Waals surface area contributed by atoms with Crippen molar-refractivity contribution in [2.75, 3.05) is 9.80 Å². The average molecular weight is 503 g/mol. The first-order valence-corrected chi connectivity index (χ1v) is 12.7. The van der Waals surface area contributed by atoms with Gasteiger partial charge in [0.25, 0.3) is 5.91 Å². The molecule has 0 spiro atoms. The van der Waals surface area contributed by atoms with Gasteiger partial charge < -0.3 is 14.6 Å². The average Bonchev–Trinajstić information content (AvgIpc) is 2.85. The summed E-state index contributed by atoms with van der Waals surface area (Å²) in [5.74, 6) is 0.0614. The van der Waals surface area contributed by atoms with Crippen LogP contribution in [0.1, 0.15) is 67.6 Å². The Morgan fingerprint density at radius 1 is 0.944 bits per heavy atom. The predicted molar refractivity (Wildman–Crippen MR) is 145 cm³/mol. The maximum atomic E-state index is 13.7. The molecule has 3 aromatic carbocycles. The summed E-state index contributed by atoms with van der Waals surface area (Å²) in [4.78, 5) is 41.4. The highest BCUT2D eigenvalue weighted by Crippen LogP contribution is 2.42. The van der Waals surface area contributed by atoms with E-state index in [1.807, 2.05) is 72.5 Å². The van der Waals surface area contributed by atoms with Crippen molar-refractivity contribution in [1.82, 2.24) is 0 Å². The molecule has 5 nitrogen and oxygen atoms in total. The Morgan fingerprint density at radius 2 is 1.61 bits per heavy atom. The van der Waals surface area contributed by atoms with Crippen LogP contribution in [0.4, 0.5) is 11.4 Å². The third kappa shape index (κ3) is 5.52. The van der Waals surface area contributed by atoms with Gasteiger partial charge in [-0.25, -0.2) is 0 Å². The summed E-state index contributed by atoms with van der Waals surface area (Å²) < 4.78 is 0.